The molecule has 39 heavy (non-hydrogen) atoms. The minimum atomic E-state index is -1.14. The van der Waals surface area contributed by atoms with Gasteiger partial charge in [0, 0.05) is 41.6 Å². The summed E-state index contributed by atoms with van der Waals surface area (Å²) in [5, 5.41) is 23.3. The van der Waals surface area contributed by atoms with Crippen LogP contribution < -0.4 is 10.6 Å². The van der Waals surface area contributed by atoms with Gasteiger partial charge in [0.1, 0.15) is 5.69 Å². The van der Waals surface area contributed by atoms with E-state index in [4.69, 9.17) is 5.10 Å². The molecule has 0 radical (unpaired) electrons. The normalized spacial score (nSPS) is 21.0. The van der Waals surface area contributed by atoms with E-state index >= 15 is 0 Å². The van der Waals surface area contributed by atoms with E-state index in [-0.39, 0.29) is 5.91 Å². The van der Waals surface area contributed by atoms with Crippen LogP contribution >= 0.6 is 0 Å². The van der Waals surface area contributed by atoms with Gasteiger partial charge in [-0.2, -0.15) is 5.10 Å². The minimum absolute atomic E-state index is 0.292. The van der Waals surface area contributed by atoms with Crippen molar-refractivity contribution in [1.29, 1.82) is 0 Å². The van der Waals surface area contributed by atoms with Crippen LogP contribution in [-0.4, -0.2) is 63.9 Å². The van der Waals surface area contributed by atoms with E-state index in [1.165, 1.54) is 38.8 Å². The summed E-state index contributed by atoms with van der Waals surface area (Å²) in [5.41, 5.74) is 2.06. The quantitative estimate of drug-likeness (QED) is 0.383. The van der Waals surface area contributed by atoms with Gasteiger partial charge >= 0.3 is 0 Å². The fourth-order valence-corrected chi connectivity index (χ4v) is 6.36. The average Bonchev–Trinajstić information content (AvgIpc) is 3.32. The van der Waals surface area contributed by atoms with Gasteiger partial charge in [-0.05, 0) is 116 Å². The van der Waals surface area contributed by atoms with Gasteiger partial charge in [0.2, 0.25) is 0 Å². The van der Waals surface area contributed by atoms with Gasteiger partial charge in [0.25, 0.3) is 5.91 Å². The number of hydrogen-bond acceptors (Lipinski definition) is 6. The van der Waals surface area contributed by atoms with Crippen molar-refractivity contribution in [1.82, 2.24) is 25.0 Å². The molecule has 1 amide bonds. The molecule has 1 aromatic carbocycles. The number of carbonyl (C=O) groups is 1. The summed E-state index contributed by atoms with van der Waals surface area (Å²) in [6, 6.07) is 9.60. The predicted octanol–water partition coefficient (Wildman–Crippen LogP) is 4.88. The van der Waals surface area contributed by atoms with Gasteiger partial charge in [-0.1, -0.05) is 6.07 Å². The Kier molecular flexibility index (Phi) is 8.35. The Balaban J connectivity index is 1.26. The van der Waals surface area contributed by atoms with Gasteiger partial charge < -0.3 is 20.6 Å². The molecule has 8 heteroatoms. The van der Waals surface area contributed by atoms with Crippen molar-refractivity contribution in [2.75, 3.05) is 38.5 Å². The van der Waals surface area contributed by atoms with Gasteiger partial charge in [0.05, 0.1) is 17.2 Å². The van der Waals surface area contributed by atoms with Crippen LogP contribution in [0.4, 0.5) is 5.69 Å². The molecule has 0 bridgehead atoms. The number of hydrogen-bond donors (Lipinski definition) is 3. The number of benzene rings is 1. The molecule has 2 fully saturated rings. The number of anilines is 1. The highest BCUT2D eigenvalue weighted by Gasteiger charge is 2.27. The largest absolute Gasteiger partial charge is 0.386 e. The van der Waals surface area contributed by atoms with Crippen molar-refractivity contribution in [3.8, 4) is 0 Å². The monoisotopic (exact) mass is 532 g/mol. The fraction of sp³-hybridized carbons (Fsp3) is 0.581. The van der Waals surface area contributed by atoms with Gasteiger partial charge in [-0.25, -0.2) is 4.98 Å². The van der Waals surface area contributed by atoms with Crippen molar-refractivity contribution >= 4 is 22.5 Å². The lowest BCUT2D eigenvalue weighted by molar-refractivity contribution is 0.0793. The number of aliphatic hydroxyl groups is 1. The molecule has 210 valence electrons. The molecule has 2 aliphatic rings. The number of nitrogens with zero attached hydrogens (tertiary/aromatic N) is 4. The molecule has 0 spiro atoms. The third kappa shape index (κ3) is 6.86. The second-order valence-corrected chi connectivity index (χ2v) is 12.3. The van der Waals surface area contributed by atoms with Crippen LogP contribution in [0.1, 0.15) is 80.2 Å². The molecule has 1 aliphatic heterocycles. The van der Waals surface area contributed by atoms with Gasteiger partial charge in [-0.15, -0.1) is 0 Å². The number of nitrogens with one attached hydrogen (secondary N) is 2. The summed E-state index contributed by atoms with van der Waals surface area (Å²) in [7, 11) is 2.29. The van der Waals surface area contributed by atoms with Crippen molar-refractivity contribution in [2.24, 2.45) is 11.8 Å². The molecule has 3 heterocycles. The summed E-state index contributed by atoms with van der Waals surface area (Å²) in [5.74, 6) is 1.29. The van der Waals surface area contributed by atoms with E-state index < -0.39 is 5.60 Å². The topological polar surface area (TPSA) is 95.3 Å². The van der Waals surface area contributed by atoms with Crippen LogP contribution in [0.3, 0.4) is 0 Å². The smallest absolute Gasteiger partial charge is 0.274 e. The zero-order valence-electron chi connectivity index (χ0n) is 23.9. The standard InChI is InChI=1S/C31H44N6O2/c1-21-6-5-7-27(33-21)30(38)34-29-16-24-20-37(35-28(24)17-26(29)31(2,3)39)25-10-8-22(9-11-25)18-36(4)19-23-12-14-32-15-13-23/h5-7,16-17,20,22-23,25,32,39H,8-15,18-19H2,1-4H3,(H,34,38)/t22-,25-. The molecule has 3 aromatic rings. The van der Waals surface area contributed by atoms with Crippen LogP contribution in [0.2, 0.25) is 0 Å². The Labute approximate surface area is 232 Å². The number of fused-ring (bicyclic) bond motifs is 1. The van der Waals surface area contributed by atoms with Crippen LogP contribution in [0.5, 0.6) is 0 Å². The van der Waals surface area contributed by atoms with E-state index in [1.807, 2.05) is 31.2 Å². The summed E-state index contributed by atoms with van der Waals surface area (Å²) in [6.45, 7) is 10.1. The first-order valence-electron chi connectivity index (χ1n) is 14.6. The first-order valence-corrected chi connectivity index (χ1v) is 14.6. The molecule has 1 aliphatic carbocycles. The predicted molar refractivity (Wildman–Crippen MR) is 156 cm³/mol. The Hall–Kier alpha value is -2.81. The molecule has 0 atom stereocenters. The lowest BCUT2D eigenvalue weighted by Gasteiger charge is -2.33. The number of rotatable bonds is 8. The van der Waals surface area contributed by atoms with E-state index in [9.17, 15) is 9.90 Å². The summed E-state index contributed by atoms with van der Waals surface area (Å²) in [6.07, 6.45) is 9.38. The van der Waals surface area contributed by atoms with Crippen LogP contribution in [-0.2, 0) is 5.60 Å². The van der Waals surface area contributed by atoms with Crippen LogP contribution in [0.15, 0.2) is 36.5 Å². The number of pyridine rings is 1. The minimum Gasteiger partial charge on any atom is -0.386 e. The SMILES string of the molecule is Cc1cccc(C(=O)Nc2cc3cn([C@H]4CC[C@H](CN(C)CC5CCNCC5)CC4)nc3cc2C(C)(C)O)n1. The van der Waals surface area contributed by atoms with Crippen molar-refractivity contribution in [3.63, 3.8) is 0 Å². The van der Waals surface area contributed by atoms with Crippen molar-refractivity contribution < 1.29 is 9.90 Å². The van der Waals surface area contributed by atoms with Crippen molar-refractivity contribution in [3.05, 3.63) is 53.5 Å². The maximum Gasteiger partial charge on any atom is 0.274 e. The van der Waals surface area contributed by atoms with E-state index in [2.05, 4.69) is 38.4 Å². The maximum atomic E-state index is 13.0. The van der Waals surface area contributed by atoms with E-state index in [1.54, 1.807) is 19.9 Å². The Morgan fingerprint density at radius 3 is 2.46 bits per heavy atom. The van der Waals surface area contributed by atoms with E-state index in [0.29, 0.717) is 23.0 Å². The third-order valence-corrected chi connectivity index (χ3v) is 8.48. The summed E-state index contributed by atoms with van der Waals surface area (Å²) >= 11 is 0. The molecule has 2 aromatic heterocycles. The number of carbonyl (C=O) groups excluding carboxylic acids is 1. The Bertz CT molecular complexity index is 1280. The van der Waals surface area contributed by atoms with E-state index in [0.717, 1.165) is 54.4 Å². The molecule has 1 saturated heterocycles. The molecule has 5 rings (SSSR count). The van der Waals surface area contributed by atoms with Crippen LogP contribution in [0, 0.1) is 18.8 Å². The van der Waals surface area contributed by atoms with Crippen molar-refractivity contribution in [2.45, 2.75) is 70.9 Å². The first kappa shape index (κ1) is 27.7. The summed E-state index contributed by atoms with van der Waals surface area (Å²) in [4.78, 5) is 19.9. The molecule has 1 saturated carbocycles. The number of aromatic nitrogens is 3. The molecule has 3 N–H and O–H groups in total. The lowest BCUT2D eigenvalue weighted by Crippen LogP contribution is -2.37. The van der Waals surface area contributed by atoms with Gasteiger partial charge in [-0.3, -0.25) is 9.48 Å². The zero-order chi connectivity index (χ0) is 27.6. The third-order valence-electron chi connectivity index (χ3n) is 8.48. The highest BCUT2D eigenvalue weighted by molar-refractivity contribution is 6.04. The molecule has 0 unspecified atom stereocenters. The molecular formula is C31H44N6O2. The van der Waals surface area contributed by atoms with Crippen LogP contribution in [0.25, 0.3) is 10.9 Å². The Morgan fingerprint density at radius 1 is 1.10 bits per heavy atom. The molecular weight excluding hydrogens is 488 g/mol. The first-order chi connectivity index (χ1) is 18.7. The average molecular weight is 533 g/mol. The fourth-order valence-electron chi connectivity index (χ4n) is 6.36. The van der Waals surface area contributed by atoms with Gasteiger partial charge in [0.15, 0.2) is 0 Å². The zero-order valence-corrected chi connectivity index (χ0v) is 23.9. The second kappa shape index (κ2) is 11.7. The second-order valence-electron chi connectivity index (χ2n) is 12.3. The Morgan fingerprint density at radius 2 is 1.79 bits per heavy atom. The maximum absolute atomic E-state index is 13.0. The number of amides is 1. The summed E-state index contributed by atoms with van der Waals surface area (Å²) < 4.78 is 2.11. The highest BCUT2D eigenvalue weighted by Crippen LogP contribution is 2.36. The highest BCUT2D eigenvalue weighted by atomic mass is 16.3. The molecule has 8 nitrogen and oxygen atoms in total. The lowest BCUT2D eigenvalue weighted by atomic mass is 9.85. The number of aryl methyl sites for hydroxylation is 1. The number of piperidine rings is 1.